The third-order valence-electron chi connectivity index (χ3n) is 4.66. The molecule has 1 atom stereocenters. The molecule has 0 saturated heterocycles. The van der Waals surface area contributed by atoms with Crippen molar-refractivity contribution < 1.29 is 5.11 Å². The van der Waals surface area contributed by atoms with Gasteiger partial charge in [0, 0.05) is 6.04 Å². The molecule has 4 bridgehead atoms. The van der Waals surface area contributed by atoms with Gasteiger partial charge in [0.25, 0.3) is 0 Å². The SMILES string of the molecule is CC(O)NC1C2CC3CC(C2)CC1C3. The number of nitrogens with one attached hydrogen (secondary N) is 1. The van der Waals surface area contributed by atoms with Crippen molar-refractivity contribution in [3.05, 3.63) is 0 Å². The molecular weight excluding hydrogens is 174 g/mol. The van der Waals surface area contributed by atoms with Crippen LogP contribution in [0.2, 0.25) is 0 Å². The second-order valence-electron chi connectivity index (χ2n) is 5.80. The van der Waals surface area contributed by atoms with E-state index in [1.807, 2.05) is 6.92 Å². The molecule has 0 aliphatic heterocycles. The van der Waals surface area contributed by atoms with Crippen molar-refractivity contribution in [2.24, 2.45) is 23.7 Å². The molecule has 4 aliphatic carbocycles. The number of hydrogen-bond donors (Lipinski definition) is 2. The van der Waals surface area contributed by atoms with E-state index in [0.29, 0.717) is 6.04 Å². The summed E-state index contributed by atoms with van der Waals surface area (Å²) in [6, 6.07) is 0.628. The fourth-order valence-corrected chi connectivity index (χ4v) is 4.48. The van der Waals surface area contributed by atoms with Crippen LogP contribution in [0.3, 0.4) is 0 Å². The smallest absolute Gasteiger partial charge is 0.102 e. The van der Waals surface area contributed by atoms with Crippen LogP contribution in [0.4, 0.5) is 0 Å². The van der Waals surface area contributed by atoms with Crippen LogP contribution in [0.25, 0.3) is 0 Å². The minimum Gasteiger partial charge on any atom is -0.379 e. The minimum absolute atomic E-state index is 0.322. The zero-order valence-corrected chi connectivity index (χ0v) is 8.95. The van der Waals surface area contributed by atoms with Crippen molar-refractivity contribution in [3.8, 4) is 0 Å². The minimum atomic E-state index is -0.322. The first-order valence-electron chi connectivity index (χ1n) is 6.16. The van der Waals surface area contributed by atoms with Crippen LogP contribution in [0.1, 0.15) is 39.0 Å². The average Bonchev–Trinajstić information content (AvgIpc) is 2.09. The van der Waals surface area contributed by atoms with Gasteiger partial charge in [-0.05, 0) is 62.7 Å². The maximum absolute atomic E-state index is 9.43. The summed E-state index contributed by atoms with van der Waals surface area (Å²) in [5, 5.41) is 12.8. The van der Waals surface area contributed by atoms with Crippen LogP contribution < -0.4 is 5.32 Å². The first-order chi connectivity index (χ1) is 6.72. The highest BCUT2D eigenvalue weighted by atomic mass is 16.3. The van der Waals surface area contributed by atoms with Gasteiger partial charge in [-0.3, -0.25) is 5.32 Å². The zero-order valence-electron chi connectivity index (χ0n) is 8.95. The lowest BCUT2D eigenvalue weighted by Gasteiger charge is -2.54. The molecule has 0 radical (unpaired) electrons. The van der Waals surface area contributed by atoms with Gasteiger partial charge >= 0.3 is 0 Å². The van der Waals surface area contributed by atoms with E-state index in [1.165, 1.54) is 32.1 Å². The van der Waals surface area contributed by atoms with Crippen LogP contribution in [-0.4, -0.2) is 17.4 Å². The number of hydrogen-bond acceptors (Lipinski definition) is 2. The Morgan fingerprint density at radius 1 is 1.00 bits per heavy atom. The molecule has 0 aromatic heterocycles. The molecule has 1 unspecified atom stereocenters. The molecule has 0 amide bonds. The van der Waals surface area contributed by atoms with Crippen LogP contribution in [0.15, 0.2) is 0 Å². The number of aliphatic hydroxyl groups is 1. The monoisotopic (exact) mass is 195 g/mol. The molecule has 4 saturated carbocycles. The van der Waals surface area contributed by atoms with Gasteiger partial charge in [0.05, 0.1) is 0 Å². The highest BCUT2D eigenvalue weighted by Gasteiger charge is 2.48. The second-order valence-corrected chi connectivity index (χ2v) is 5.80. The molecule has 0 aromatic rings. The normalized spacial score (nSPS) is 52.3. The molecular formula is C12H21NO. The van der Waals surface area contributed by atoms with Gasteiger partial charge in [0.15, 0.2) is 0 Å². The third-order valence-corrected chi connectivity index (χ3v) is 4.66. The molecule has 0 spiro atoms. The predicted molar refractivity (Wildman–Crippen MR) is 55.6 cm³/mol. The second kappa shape index (κ2) is 3.21. The summed E-state index contributed by atoms with van der Waals surface area (Å²) >= 11 is 0. The first-order valence-corrected chi connectivity index (χ1v) is 6.16. The summed E-state index contributed by atoms with van der Waals surface area (Å²) < 4.78 is 0. The van der Waals surface area contributed by atoms with E-state index in [-0.39, 0.29) is 6.23 Å². The van der Waals surface area contributed by atoms with Gasteiger partial charge in [-0.1, -0.05) is 0 Å². The van der Waals surface area contributed by atoms with Gasteiger partial charge in [-0.25, -0.2) is 0 Å². The summed E-state index contributed by atoms with van der Waals surface area (Å²) in [6.45, 7) is 1.85. The van der Waals surface area contributed by atoms with Crippen molar-refractivity contribution >= 4 is 0 Å². The maximum Gasteiger partial charge on any atom is 0.102 e. The zero-order chi connectivity index (χ0) is 9.71. The molecule has 2 N–H and O–H groups in total. The topological polar surface area (TPSA) is 32.3 Å². The lowest BCUT2D eigenvalue weighted by molar-refractivity contribution is -0.0326. The first kappa shape index (κ1) is 9.17. The van der Waals surface area contributed by atoms with Gasteiger partial charge in [-0.2, -0.15) is 0 Å². The van der Waals surface area contributed by atoms with E-state index < -0.39 is 0 Å². The summed E-state index contributed by atoms with van der Waals surface area (Å²) in [5.74, 6) is 3.82. The van der Waals surface area contributed by atoms with Crippen LogP contribution >= 0.6 is 0 Å². The fraction of sp³-hybridized carbons (Fsp3) is 1.00. The quantitative estimate of drug-likeness (QED) is 0.658. The Morgan fingerprint density at radius 2 is 1.50 bits per heavy atom. The standard InChI is InChI=1S/C12H21NO/c1-7(14)13-12-10-3-8-2-9(5-10)6-11(12)4-8/h7-14H,2-6H2,1H3. The van der Waals surface area contributed by atoms with E-state index >= 15 is 0 Å². The van der Waals surface area contributed by atoms with Gasteiger partial charge < -0.3 is 5.11 Å². The van der Waals surface area contributed by atoms with Crippen LogP contribution in [0.5, 0.6) is 0 Å². The molecule has 0 aromatic carbocycles. The van der Waals surface area contributed by atoms with Gasteiger partial charge in [-0.15, -0.1) is 0 Å². The van der Waals surface area contributed by atoms with Crippen molar-refractivity contribution in [1.29, 1.82) is 0 Å². The molecule has 4 aliphatic rings. The van der Waals surface area contributed by atoms with Crippen molar-refractivity contribution in [3.63, 3.8) is 0 Å². The lowest BCUT2D eigenvalue weighted by atomic mass is 9.54. The Kier molecular flexibility index (Phi) is 2.10. The predicted octanol–water partition coefficient (Wildman–Crippen LogP) is 1.74. The maximum atomic E-state index is 9.43. The van der Waals surface area contributed by atoms with Gasteiger partial charge in [0.2, 0.25) is 0 Å². The molecule has 2 nitrogen and oxygen atoms in total. The van der Waals surface area contributed by atoms with E-state index in [2.05, 4.69) is 5.32 Å². The van der Waals surface area contributed by atoms with Crippen LogP contribution in [-0.2, 0) is 0 Å². The molecule has 2 heteroatoms. The molecule has 0 heterocycles. The van der Waals surface area contributed by atoms with Crippen molar-refractivity contribution in [2.75, 3.05) is 0 Å². The highest BCUT2D eigenvalue weighted by Crippen LogP contribution is 2.53. The van der Waals surface area contributed by atoms with E-state index in [1.54, 1.807) is 0 Å². The number of aliphatic hydroxyl groups excluding tert-OH is 1. The Morgan fingerprint density at radius 3 is 1.93 bits per heavy atom. The van der Waals surface area contributed by atoms with Crippen molar-refractivity contribution in [1.82, 2.24) is 5.32 Å². The lowest BCUT2D eigenvalue weighted by Crippen LogP contribution is -2.56. The molecule has 4 rings (SSSR count). The number of rotatable bonds is 2. The molecule has 80 valence electrons. The summed E-state index contributed by atoms with van der Waals surface area (Å²) in [4.78, 5) is 0. The Balaban J connectivity index is 1.74. The highest BCUT2D eigenvalue weighted by molar-refractivity contribution is 5.01. The Labute approximate surface area is 86.1 Å². The fourth-order valence-electron chi connectivity index (χ4n) is 4.48. The van der Waals surface area contributed by atoms with Gasteiger partial charge in [0.1, 0.15) is 6.23 Å². The van der Waals surface area contributed by atoms with Crippen LogP contribution in [0, 0.1) is 23.7 Å². The summed E-state index contributed by atoms with van der Waals surface area (Å²) in [6.07, 6.45) is 6.90. The van der Waals surface area contributed by atoms with E-state index in [4.69, 9.17) is 0 Å². The average molecular weight is 195 g/mol. The Bertz CT molecular complexity index is 198. The molecule has 14 heavy (non-hydrogen) atoms. The third kappa shape index (κ3) is 1.40. The Hall–Kier alpha value is -0.0800. The summed E-state index contributed by atoms with van der Waals surface area (Å²) in [5.41, 5.74) is 0. The van der Waals surface area contributed by atoms with E-state index in [0.717, 1.165) is 23.7 Å². The summed E-state index contributed by atoms with van der Waals surface area (Å²) in [7, 11) is 0. The molecule has 4 fully saturated rings. The largest absolute Gasteiger partial charge is 0.379 e. The van der Waals surface area contributed by atoms with E-state index in [9.17, 15) is 5.11 Å². The van der Waals surface area contributed by atoms with Crippen molar-refractivity contribution in [2.45, 2.75) is 51.3 Å².